The molecular formula is C27H35N5O2S. The highest BCUT2D eigenvalue weighted by Crippen LogP contribution is 2.40. The number of hydrogen-bond donors (Lipinski definition) is 0. The lowest BCUT2D eigenvalue weighted by Gasteiger charge is -2.27. The van der Waals surface area contributed by atoms with Gasteiger partial charge in [-0.2, -0.15) is 0 Å². The quantitative estimate of drug-likeness (QED) is 0.530. The van der Waals surface area contributed by atoms with E-state index < -0.39 is 0 Å². The first kappa shape index (κ1) is 23.0. The molecule has 0 bridgehead atoms. The molecule has 2 aromatic heterocycles. The smallest absolute Gasteiger partial charge is 0.146 e. The van der Waals surface area contributed by atoms with Gasteiger partial charge in [0.2, 0.25) is 0 Å². The highest BCUT2D eigenvalue weighted by atomic mass is 32.1. The van der Waals surface area contributed by atoms with E-state index in [9.17, 15) is 0 Å². The van der Waals surface area contributed by atoms with Gasteiger partial charge in [0.25, 0.3) is 0 Å². The van der Waals surface area contributed by atoms with Crippen LogP contribution in [0.3, 0.4) is 0 Å². The van der Waals surface area contributed by atoms with Crippen molar-refractivity contribution in [2.24, 2.45) is 0 Å². The minimum absolute atomic E-state index is 0.801. The van der Waals surface area contributed by atoms with Crippen molar-refractivity contribution >= 4 is 33.1 Å². The lowest BCUT2D eigenvalue weighted by atomic mass is 9.97. The zero-order valence-corrected chi connectivity index (χ0v) is 21.5. The summed E-state index contributed by atoms with van der Waals surface area (Å²) < 4.78 is 10.9. The van der Waals surface area contributed by atoms with Crippen LogP contribution in [0.15, 0.2) is 24.3 Å². The Balaban J connectivity index is 1.30. The summed E-state index contributed by atoms with van der Waals surface area (Å²) in [5, 5.41) is 1.34. The fourth-order valence-corrected chi connectivity index (χ4v) is 6.90. The summed E-state index contributed by atoms with van der Waals surface area (Å²) in [6, 6.07) is 8.46. The van der Waals surface area contributed by atoms with Crippen LogP contribution in [0, 0.1) is 0 Å². The number of fused-ring (bicyclic) bond motifs is 3. The summed E-state index contributed by atoms with van der Waals surface area (Å²) in [6.07, 6.45) is 6.05. The molecule has 8 heteroatoms. The molecular weight excluding hydrogens is 458 g/mol. The molecule has 1 aliphatic carbocycles. The summed E-state index contributed by atoms with van der Waals surface area (Å²) in [5.74, 6) is 3.04. The predicted molar refractivity (Wildman–Crippen MR) is 142 cm³/mol. The van der Waals surface area contributed by atoms with Crippen molar-refractivity contribution in [3.8, 4) is 5.75 Å². The summed E-state index contributed by atoms with van der Waals surface area (Å²) >= 11 is 1.92. The van der Waals surface area contributed by atoms with E-state index in [0.29, 0.717) is 0 Å². The summed E-state index contributed by atoms with van der Waals surface area (Å²) in [6.45, 7) is 8.37. The van der Waals surface area contributed by atoms with Crippen LogP contribution >= 0.6 is 11.3 Å². The van der Waals surface area contributed by atoms with Gasteiger partial charge in [-0.1, -0.05) is 0 Å². The average Bonchev–Trinajstić information content (AvgIpc) is 3.10. The number of aromatic nitrogens is 2. The van der Waals surface area contributed by atoms with E-state index in [1.165, 1.54) is 53.0 Å². The number of benzene rings is 1. The maximum absolute atomic E-state index is 5.55. The molecule has 7 nitrogen and oxygen atoms in total. The van der Waals surface area contributed by atoms with Gasteiger partial charge in [-0.3, -0.25) is 4.90 Å². The van der Waals surface area contributed by atoms with Crippen LogP contribution < -0.4 is 14.5 Å². The minimum atomic E-state index is 0.801. The third-order valence-electron chi connectivity index (χ3n) is 7.54. The maximum atomic E-state index is 5.55. The minimum Gasteiger partial charge on any atom is -0.497 e. The Bertz CT molecular complexity index is 1160. The van der Waals surface area contributed by atoms with Gasteiger partial charge in [0, 0.05) is 49.8 Å². The number of rotatable bonds is 5. The molecule has 4 heterocycles. The zero-order chi connectivity index (χ0) is 23.6. The monoisotopic (exact) mass is 493 g/mol. The van der Waals surface area contributed by atoms with Crippen LogP contribution in [-0.2, 0) is 24.1 Å². The van der Waals surface area contributed by atoms with Crippen LogP contribution in [0.25, 0.3) is 10.2 Å². The molecule has 0 atom stereocenters. The zero-order valence-electron chi connectivity index (χ0n) is 20.7. The van der Waals surface area contributed by atoms with Crippen LogP contribution in [0.4, 0.5) is 11.5 Å². The van der Waals surface area contributed by atoms with E-state index in [0.717, 1.165) is 77.0 Å². The van der Waals surface area contributed by atoms with Crippen molar-refractivity contribution in [3.05, 3.63) is 40.5 Å². The van der Waals surface area contributed by atoms with E-state index in [1.807, 2.05) is 11.3 Å². The van der Waals surface area contributed by atoms with Gasteiger partial charge in [-0.15, -0.1) is 11.3 Å². The molecule has 35 heavy (non-hydrogen) atoms. The molecule has 6 rings (SSSR count). The van der Waals surface area contributed by atoms with Gasteiger partial charge in [0.05, 0.1) is 32.3 Å². The molecule has 186 valence electrons. The number of anilines is 2. The largest absolute Gasteiger partial charge is 0.497 e. The normalized spacial score (nSPS) is 19.6. The third-order valence-corrected chi connectivity index (χ3v) is 8.73. The SMILES string of the molecule is COc1ccc(N2CCCN(c3nc(CN4CCOCC4)nc4sc5c(c34)CCCC5)CC2)cc1. The molecule has 1 aromatic carbocycles. The molecule has 0 amide bonds. The average molecular weight is 494 g/mol. The van der Waals surface area contributed by atoms with Crippen molar-refractivity contribution in [1.82, 2.24) is 14.9 Å². The Kier molecular flexibility index (Phi) is 6.76. The van der Waals surface area contributed by atoms with Gasteiger partial charge in [0.15, 0.2) is 0 Å². The van der Waals surface area contributed by atoms with E-state index in [2.05, 4.69) is 39.0 Å². The summed E-state index contributed by atoms with van der Waals surface area (Å²) in [5.41, 5.74) is 2.79. The Morgan fingerprint density at radius 2 is 1.66 bits per heavy atom. The van der Waals surface area contributed by atoms with E-state index in [1.54, 1.807) is 12.0 Å². The number of thiophene rings is 1. The van der Waals surface area contributed by atoms with E-state index >= 15 is 0 Å². The molecule has 0 N–H and O–H groups in total. The molecule has 0 saturated carbocycles. The molecule has 2 aliphatic heterocycles. The highest BCUT2D eigenvalue weighted by Gasteiger charge is 2.26. The van der Waals surface area contributed by atoms with Gasteiger partial charge < -0.3 is 19.3 Å². The lowest BCUT2D eigenvalue weighted by molar-refractivity contribution is 0.0331. The summed E-state index contributed by atoms with van der Waals surface area (Å²) in [7, 11) is 1.72. The van der Waals surface area contributed by atoms with Crippen LogP contribution in [0.5, 0.6) is 5.75 Å². The van der Waals surface area contributed by atoms with Gasteiger partial charge in [0.1, 0.15) is 22.2 Å². The first-order valence-electron chi connectivity index (χ1n) is 13.0. The van der Waals surface area contributed by atoms with Crippen molar-refractivity contribution in [3.63, 3.8) is 0 Å². The van der Waals surface area contributed by atoms with Crippen molar-refractivity contribution in [2.75, 3.05) is 69.4 Å². The standard InChI is InChI=1S/C27H35N5O2S/c1-33-21-9-7-20(8-10-21)31-11-4-12-32(14-13-31)26-25-22-5-2-3-6-23(22)35-27(25)29-24(28-26)19-30-15-17-34-18-16-30/h7-10H,2-6,11-19H2,1H3. The van der Waals surface area contributed by atoms with Gasteiger partial charge >= 0.3 is 0 Å². The number of aryl methyl sites for hydroxylation is 2. The van der Waals surface area contributed by atoms with Crippen molar-refractivity contribution in [2.45, 2.75) is 38.6 Å². The number of nitrogens with zero attached hydrogens (tertiary/aromatic N) is 5. The molecule has 0 radical (unpaired) electrons. The number of hydrogen-bond acceptors (Lipinski definition) is 8. The topological polar surface area (TPSA) is 54.0 Å². The Morgan fingerprint density at radius 3 is 2.49 bits per heavy atom. The lowest BCUT2D eigenvalue weighted by Crippen LogP contribution is -2.36. The molecule has 0 unspecified atom stereocenters. The van der Waals surface area contributed by atoms with Crippen molar-refractivity contribution in [1.29, 1.82) is 0 Å². The molecule has 2 fully saturated rings. The second-order valence-corrected chi connectivity index (χ2v) is 10.9. The fourth-order valence-electron chi connectivity index (χ4n) is 5.62. The van der Waals surface area contributed by atoms with Crippen molar-refractivity contribution < 1.29 is 9.47 Å². The number of methoxy groups -OCH3 is 1. The predicted octanol–water partition coefficient (Wildman–Crippen LogP) is 4.13. The Labute approximate surface area is 211 Å². The fraction of sp³-hybridized carbons (Fsp3) is 0.556. The Hall–Kier alpha value is -2.42. The maximum Gasteiger partial charge on any atom is 0.146 e. The molecule has 3 aliphatic rings. The van der Waals surface area contributed by atoms with Gasteiger partial charge in [-0.25, -0.2) is 9.97 Å². The first-order valence-corrected chi connectivity index (χ1v) is 13.9. The molecule has 3 aromatic rings. The number of ether oxygens (including phenoxy) is 2. The number of morpholine rings is 1. The second-order valence-electron chi connectivity index (χ2n) is 9.77. The molecule has 2 saturated heterocycles. The second kappa shape index (κ2) is 10.3. The van der Waals surface area contributed by atoms with Crippen LogP contribution in [0.1, 0.15) is 35.5 Å². The first-order chi connectivity index (χ1) is 17.3. The molecule has 0 spiro atoms. The van der Waals surface area contributed by atoms with Crippen LogP contribution in [-0.4, -0.2) is 74.5 Å². The highest BCUT2D eigenvalue weighted by molar-refractivity contribution is 7.19. The Morgan fingerprint density at radius 1 is 0.886 bits per heavy atom. The van der Waals surface area contributed by atoms with Crippen LogP contribution in [0.2, 0.25) is 0 Å². The van der Waals surface area contributed by atoms with Gasteiger partial charge in [-0.05, 0) is 61.9 Å². The summed E-state index contributed by atoms with van der Waals surface area (Å²) in [4.78, 5) is 20.6. The van der Waals surface area contributed by atoms with E-state index in [4.69, 9.17) is 19.4 Å². The third kappa shape index (κ3) is 4.84. The van der Waals surface area contributed by atoms with E-state index in [-0.39, 0.29) is 0 Å².